The number of carbonyl (C=O) groups excluding carboxylic acids is 1. The summed E-state index contributed by atoms with van der Waals surface area (Å²) in [5, 5.41) is 3.25. The van der Waals surface area contributed by atoms with Gasteiger partial charge in [-0.2, -0.15) is 4.31 Å². The second-order valence-corrected chi connectivity index (χ2v) is 8.72. The minimum atomic E-state index is -3.64. The van der Waals surface area contributed by atoms with E-state index in [-0.39, 0.29) is 23.2 Å². The fourth-order valence-electron chi connectivity index (χ4n) is 3.77. The first kappa shape index (κ1) is 21.2. The number of nitrogens with one attached hydrogen (secondary N) is 1. The SMILES string of the molecule is CNC1CCN(C(=O)C2CCCCN2S(=O)(=O)c2ccccc2)CC1.Cl. The molecular formula is C18H28ClN3O3S. The van der Waals surface area contributed by atoms with E-state index in [0.717, 1.165) is 25.7 Å². The van der Waals surface area contributed by atoms with Crippen LogP contribution in [0.2, 0.25) is 0 Å². The Kier molecular flexibility index (Phi) is 7.46. The molecule has 1 atom stereocenters. The van der Waals surface area contributed by atoms with Crippen molar-refractivity contribution in [1.29, 1.82) is 0 Å². The summed E-state index contributed by atoms with van der Waals surface area (Å²) in [6.07, 6.45) is 4.14. The Morgan fingerprint density at radius 2 is 1.69 bits per heavy atom. The number of nitrogens with zero attached hydrogens (tertiary/aromatic N) is 2. The van der Waals surface area contributed by atoms with Crippen molar-refractivity contribution >= 4 is 28.3 Å². The third-order valence-electron chi connectivity index (χ3n) is 5.30. The molecule has 0 bridgehead atoms. The van der Waals surface area contributed by atoms with Crippen LogP contribution in [0.5, 0.6) is 0 Å². The number of hydrogen-bond donors (Lipinski definition) is 1. The summed E-state index contributed by atoms with van der Waals surface area (Å²) >= 11 is 0. The van der Waals surface area contributed by atoms with E-state index in [9.17, 15) is 13.2 Å². The topological polar surface area (TPSA) is 69.7 Å². The molecule has 1 amide bonds. The van der Waals surface area contributed by atoms with Gasteiger partial charge in [0, 0.05) is 25.7 Å². The summed E-state index contributed by atoms with van der Waals surface area (Å²) in [5.41, 5.74) is 0. The molecule has 2 fully saturated rings. The summed E-state index contributed by atoms with van der Waals surface area (Å²) in [6, 6.07) is 8.31. The van der Waals surface area contributed by atoms with Gasteiger partial charge in [-0.3, -0.25) is 4.79 Å². The predicted octanol–water partition coefficient (Wildman–Crippen LogP) is 1.86. The Balaban J connectivity index is 0.00000243. The Labute approximate surface area is 162 Å². The van der Waals surface area contributed by atoms with Gasteiger partial charge in [0.2, 0.25) is 15.9 Å². The molecule has 0 spiro atoms. The highest BCUT2D eigenvalue weighted by atomic mass is 35.5. The molecule has 1 unspecified atom stereocenters. The Hall–Kier alpha value is -1.15. The van der Waals surface area contributed by atoms with Gasteiger partial charge in [0.05, 0.1) is 4.90 Å². The van der Waals surface area contributed by atoms with Crippen LogP contribution in [0.4, 0.5) is 0 Å². The van der Waals surface area contributed by atoms with Crippen LogP contribution < -0.4 is 5.32 Å². The highest BCUT2D eigenvalue weighted by molar-refractivity contribution is 7.89. The standard InChI is InChI=1S/C18H27N3O3S.ClH/c1-19-15-10-13-20(14-11-15)18(22)17-9-5-6-12-21(17)25(23,24)16-7-3-2-4-8-16;/h2-4,7-8,15,17,19H,5-6,9-14H2,1H3;1H. The molecule has 2 heterocycles. The van der Waals surface area contributed by atoms with Gasteiger partial charge in [-0.1, -0.05) is 24.6 Å². The molecule has 2 aliphatic rings. The van der Waals surface area contributed by atoms with E-state index in [0.29, 0.717) is 32.1 Å². The van der Waals surface area contributed by atoms with Crippen LogP contribution in [0.3, 0.4) is 0 Å². The van der Waals surface area contributed by atoms with E-state index in [1.54, 1.807) is 30.3 Å². The summed E-state index contributed by atoms with van der Waals surface area (Å²) < 4.78 is 27.5. The molecule has 26 heavy (non-hydrogen) atoms. The molecule has 1 aromatic rings. The highest BCUT2D eigenvalue weighted by Crippen LogP contribution is 2.27. The minimum Gasteiger partial charge on any atom is -0.341 e. The van der Waals surface area contributed by atoms with Gasteiger partial charge in [0.25, 0.3) is 0 Å². The van der Waals surface area contributed by atoms with E-state index in [4.69, 9.17) is 0 Å². The van der Waals surface area contributed by atoms with Crippen LogP contribution in [-0.2, 0) is 14.8 Å². The molecule has 146 valence electrons. The van der Waals surface area contributed by atoms with E-state index >= 15 is 0 Å². The van der Waals surface area contributed by atoms with Crippen molar-refractivity contribution in [2.24, 2.45) is 0 Å². The lowest BCUT2D eigenvalue weighted by atomic mass is 10.0. The molecule has 1 aromatic carbocycles. The number of amides is 1. The Bertz CT molecular complexity index is 691. The molecule has 2 saturated heterocycles. The quantitative estimate of drug-likeness (QED) is 0.836. The number of carbonyl (C=O) groups is 1. The molecule has 1 N–H and O–H groups in total. The number of likely N-dealkylation sites (tertiary alicyclic amines) is 1. The fourth-order valence-corrected chi connectivity index (χ4v) is 5.44. The molecule has 6 nitrogen and oxygen atoms in total. The number of benzene rings is 1. The second-order valence-electron chi connectivity index (χ2n) is 6.83. The van der Waals surface area contributed by atoms with E-state index in [2.05, 4.69) is 5.32 Å². The molecule has 2 aliphatic heterocycles. The van der Waals surface area contributed by atoms with Crippen LogP contribution in [0, 0.1) is 0 Å². The van der Waals surface area contributed by atoms with Gasteiger partial charge in [-0.15, -0.1) is 12.4 Å². The molecule has 3 rings (SSSR count). The van der Waals surface area contributed by atoms with Gasteiger partial charge in [-0.05, 0) is 44.9 Å². The largest absolute Gasteiger partial charge is 0.341 e. The van der Waals surface area contributed by atoms with Crippen molar-refractivity contribution in [3.8, 4) is 0 Å². The zero-order valence-corrected chi connectivity index (χ0v) is 16.8. The maximum Gasteiger partial charge on any atom is 0.243 e. The van der Waals surface area contributed by atoms with Crippen LogP contribution in [0.1, 0.15) is 32.1 Å². The van der Waals surface area contributed by atoms with Crippen molar-refractivity contribution in [1.82, 2.24) is 14.5 Å². The normalized spacial score (nSPS) is 22.7. The molecule has 0 radical (unpaired) electrons. The van der Waals surface area contributed by atoms with Gasteiger partial charge in [-0.25, -0.2) is 8.42 Å². The van der Waals surface area contributed by atoms with Crippen LogP contribution in [-0.4, -0.2) is 62.3 Å². The smallest absolute Gasteiger partial charge is 0.243 e. The van der Waals surface area contributed by atoms with Crippen molar-refractivity contribution in [2.45, 2.75) is 49.1 Å². The lowest BCUT2D eigenvalue weighted by Crippen LogP contribution is -2.55. The monoisotopic (exact) mass is 401 g/mol. The third kappa shape index (κ3) is 4.39. The van der Waals surface area contributed by atoms with Crippen LogP contribution >= 0.6 is 12.4 Å². The first-order chi connectivity index (χ1) is 12.0. The van der Waals surface area contributed by atoms with E-state index < -0.39 is 16.1 Å². The first-order valence-corrected chi connectivity index (χ1v) is 10.5. The first-order valence-electron chi connectivity index (χ1n) is 9.07. The number of halogens is 1. The molecule has 0 saturated carbocycles. The van der Waals surface area contributed by atoms with Crippen LogP contribution in [0.25, 0.3) is 0 Å². The molecule has 0 aliphatic carbocycles. The second kappa shape index (κ2) is 9.17. The number of hydrogen-bond acceptors (Lipinski definition) is 4. The maximum absolute atomic E-state index is 13.0. The third-order valence-corrected chi connectivity index (χ3v) is 7.23. The summed E-state index contributed by atoms with van der Waals surface area (Å²) in [7, 11) is -1.69. The molecule has 0 aromatic heterocycles. The van der Waals surface area contributed by atoms with Crippen molar-refractivity contribution in [3.05, 3.63) is 30.3 Å². The van der Waals surface area contributed by atoms with Crippen LogP contribution in [0.15, 0.2) is 35.2 Å². The molecule has 8 heteroatoms. The lowest BCUT2D eigenvalue weighted by molar-refractivity contribution is -0.137. The summed E-state index contributed by atoms with van der Waals surface area (Å²) in [5.74, 6) is -0.0336. The summed E-state index contributed by atoms with van der Waals surface area (Å²) in [4.78, 5) is 15.1. The average Bonchev–Trinajstić information content (AvgIpc) is 2.68. The number of piperidine rings is 2. The Morgan fingerprint density at radius 1 is 1.04 bits per heavy atom. The zero-order chi connectivity index (χ0) is 17.9. The van der Waals surface area contributed by atoms with Gasteiger partial charge in [0.15, 0.2) is 0 Å². The average molecular weight is 402 g/mol. The van der Waals surface area contributed by atoms with Gasteiger partial charge >= 0.3 is 0 Å². The zero-order valence-electron chi connectivity index (χ0n) is 15.1. The van der Waals surface area contributed by atoms with E-state index in [1.165, 1.54) is 4.31 Å². The predicted molar refractivity (Wildman–Crippen MR) is 104 cm³/mol. The number of sulfonamides is 1. The van der Waals surface area contributed by atoms with E-state index in [1.807, 2.05) is 11.9 Å². The highest BCUT2D eigenvalue weighted by Gasteiger charge is 2.39. The minimum absolute atomic E-state index is 0. The molecular weight excluding hydrogens is 374 g/mol. The number of rotatable bonds is 4. The van der Waals surface area contributed by atoms with Crippen molar-refractivity contribution < 1.29 is 13.2 Å². The lowest BCUT2D eigenvalue weighted by Gasteiger charge is -2.39. The Morgan fingerprint density at radius 3 is 2.31 bits per heavy atom. The van der Waals surface area contributed by atoms with Gasteiger partial charge in [0.1, 0.15) is 6.04 Å². The summed E-state index contributed by atoms with van der Waals surface area (Å²) in [6.45, 7) is 1.81. The fraction of sp³-hybridized carbons (Fsp3) is 0.611. The van der Waals surface area contributed by atoms with Crippen molar-refractivity contribution in [3.63, 3.8) is 0 Å². The van der Waals surface area contributed by atoms with Crippen molar-refractivity contribution in [2.75, 3.05) is 26.7 Å². The maximum atomic E-state index is 13.0. The van der Waals surface area contributed by atoms with Gasteiger partial charge < -0.3 is 10.2 Å².